The average molecular weight is 298 g/mol. The van der Waals surface area contributed by atoms with E-state index in [1.54, 1.807) is 0 Å². The van der Waals surface area contributed by atoms with Crippen LogP contribution in [0.25, 0.3) is 0 Å². The van der Waals surface area contributed by atoms with E-state index in [2.05, 4.69) is 35.3 Å². The molecular formula is C18H24N3O+. The topological polar surface area (TPSA) is 38.5 Å². The van der Waals surface area contributed by atoms with Crippen molar-refractivity contribution in [3.63, 3.8) is 0 Å². The lowest BCUT2D eigenvalue weighted by Crippen LogP contribution is -3.11. The van der Waals surface area contributed by atoms with Gasteiger partial charge in [-0.2, -0.15) is 0 Å². The Balaban J connectivity index is 1.63. The summed E-state index contributed by atoms with van der Waals surface area (Å²) < 4.78 is 2.17. The summed E-state index contributed by atoms with van der Waals surface area (Å²) in [6, 6.07) is 12.6. The van der Waals surface area contributed by atoms with Crippen LogP contribution in [0, 0.1) is 6.92 Å². The Labute approximate surface area is 131 Å². The summed E-state index contributed by atoms with van der Waals surface area (Å²) in [6.45, 7) is 3.64. The summed E-state index contributed by atoms with van der Waals surface area (Å²) in [5, 5.41) is 3.01. The van der Waals surface area contributed by atoms with Gasteiger partial charge >= 0.3 is 0 Å². The summed E-state index contributed by atoms with van der Waals surface area (Å²) in [5.41, 5.74) is 3.41. The number of quaternary nitrogens is 1. The van der Waals surface area contributed by atoms with Crippen LogP contribution in [0.2, 0.25) is 0 Å². The molecule has 0 spiro atoms. The Morgan fingerprint density at radius 2 is 2.09 bits per heavy atom. The minimum Gasteiger partial charge on any atom is -0.350 e. The first-order valence-corrected chi connectivity index (χ1v) is 7.96. The van der Waals surface area contributed by atoms with Crippen LogP contribution in [0.1, 0.15) is 30.1 Å². The number of benzene rings is 1. The molecule has 2 atom stereocenters. The molecule has 0 bridgehead atoms. The maximum atomic E-state index is 12.3. The van der Waals surface area contributed by atoms with E-state index in [9.17, 15) is 4.79 Å². The number of aromatic nitrogens is 1. The number of nitrogens with zero attached hydrogens (tertiary/aromatic N) is 1. The lowest BCUT2D eigenvalue weighted by molar-refractivity contribution is -0.910. The molecule has 4 heteroatoms. The van der Waals surface area contributed by atoms with Crippen molar-refractivity contribution in [2.75, 3.05) is 18.4 Å². The second kappa shape index (κ2) is 6.36. The molecule has 2 heterocycles. The van der Waals surface area contributed by atoms with Gasteiger partial charge in [-0.1, -0.05) is 17.7 Å². The smallest absolute Gasteiger partial charge is 0.279 e. The van der Waals surface area contributed by atoms with Crippen LogP contribution in [0.15, 0.2) is 42.6 Å². The molecular weight excluding hydrogens is 274 g/mol. The van der Waals surface area contributed by atoms with Crippen molar-refractivity contribution < 1.29 is 9.69 Å². The van der Waals surface area contributed by atoms with Gasteiger partial charge in [0, 0.05) is 31.8 Å². The number of hydrogen-bond acceptors (Lipinski definition) is 1. The molecule has 0 aliphatic carbocycles. The number of anilines is 1. The third-order valence-corrected chi connectivity index (χ3v) is 4.55. The lowest BCUT2D eigenvalue weighted by atomic mass is 10.1. The molecule has 3 rings (SSSR count). The van der Waals surface area contributed by atoms with Crippen molar-refractivity contribution in [3.8, 4) is 0 Å². The molecule has 1 amide bonds. The summed E-state index contributed by atoms with van der Waals surface area (Å²) >= 11 is 0. The van der Waals surface area contributed by atoms with Gasteiger partial charge in [0.15, 0.2) is 6.54 Å². The Morgan fingerprint density at radius 3 is 2.77 bits per heavy atom. The first kappa shape index (κ1) is 14.9. The van der Waals surface area contributed by atoms with E-state index in [1.807, 2.05) is 31.2 Å². The maximum absolute atomic E-state index is 12.3. The van der Waals surface area contributed by atoms with E-state index < -0.39 is 0 Å². The molecule has 1 unspecified atom stereocenters. The fraction of sp³-hybridized carbons (Fsp3) is 0.389. The van der Waals surface area contributed by atoms with Crippen LogP contribution in [0.5, 0.6) is 0 Å². The molecule has 2 aromatic rings. The zero-order chi connectivity index (χ0) is 15.5. The molecule has 4 nitrogen and oxygen atoms in total. The first-order chi connectivity index (χ1) is 10.6. The second-order valence-electron chi connectivity index (χ2n) is 6.24. The number of amides is 1. The van der Waals surface area contributed by atoms with Crippen molar-refractivity contribution in [2.24, 2.45) is 7.05 Å². The SMILES string of the molecule is Cc1ccc(NC(=O)C[NH+]2CCC[C@@H]2c2cccn2C)cc1. The molecule has 0 radical (unpaired) electrons. The summed E-state index contributed by atoms with van der Waals surface area (Å²) in [6.07, 6.45) is 4.42. The first-order valence-electron chi connectivity index (χ1n) is 7.96. The van der Waals surface area contributed by atoms with E-state index in [1.165, 1.54) is 22.6 Å². The Morgan fingerprint density at radius 1 is 1.32 bits per heavy atom. The molecule has 1 aromatic carbocycles. The minimum atomic E-state index is 0.0972. The molecule has 1 aromatic heterocycles. The highest BCUT2D eigenvalue weighted by Gasteiger charge is 2.32. The van der Waals surface area contributed by atoms with Crippen molar-refractivity contribution in [1.29, 1.82) is 0 Å². The monoisotopic (exact) mass is 298 g/mol. The highest BCUT2D eigenvalue weighted by Crippen LogP contribution is 2.19. The molecule has 1 aliphatic heterocycles. The number of rotatable bonds is 4. The lowest BCUT2D eigenvalue weighted by Gasteiger charge is -2.21. The third-order valence-electron chi connectivity index (χ3n) is 4.55. The van der Waals surface area contributed by atoms with Crippen molar-refractivity contribution in [3.05, 3.63) is 53.9 Å². The van der Waals surface area contributed by atoms with E-state index in [-0.39, 0.29) is 5.91 Å². The standard InChI is InChI=1S/C18H23N3O/c1-14-7-9-15(10-8-14)19-18(22)13-21-12-4-6-17(21)16-5-3-11-20(16)2/h3,5,7-11,17H,4,6,12-13H2,1-2H3,(H,19,22)/p+1/t17-/m1/s1. The number of hydrogen-bond donors (Lipinski definition) is 2. The van der Waals surface area contributed by atoms with Gasteiger partial charge in [-0.3, -0.25) is 4.79 Å². The van der Waals surface area contributed by atoms with Crippen LogP contribution in [-0.2, 0) is 11.8 Å². The summed E-state index contributed by atoms with van der Waals surface area (Å²) in [7, 11) is 2.08. The normalized spacial score (nSPS) is 21.0. The number of aryl methyl sites for hydroxylation is 2. The Hall–Kier alpha value is -2.07. The predicted molar refractivity (Wildman–Crippen MR) is 87.9 cm³/mol. The maximum Gasteiger partial charge on any atom is 0.279 e. The molecule has 116 valence electrons. The van der Waals surface area contributed by atoms with Crippen molar-refractivity contribution in [1.82, 2.24) is 4.57 Å². The number of likely N-dealkylation sites (tertiary alicyclic amines) is 1. The second-order valence-corrected chi connectivity index (χ2v) is 6.24. The fourth-order valence-electron chi connectivity index (χ4n) is 3.36. The summed E-state index contributed by atoms with van der Waals surface area (Å²) in [5.74, 6) is 0.0972. The zero-order valence-electron chi connectivity index (χ0n) is 13.3. The van der Waals surface area contributed by atoms with Crippen LogP contribution in [0.3, 0.4) is 0 Å². The number of carbonyl (C=O) groups is 1. The van der Waals surface area contributed by atoms with Gasteiger partial charge in [0.2, 0.25) is 0 Å². The number of nitrogens with one attached hydrogen (secondary N) is 2. The van der Waals surface area contributed by atoms with Gasteiger partial charge in [0.25, 0.3) is 5.91 Å². The van der Waals surface area contributed by atoms with Gasteiger partial charge in [-0.05, 0) is 31.2 Å². The minimum absolute atomic E-state index is 0.0972. The highest BCUT2D eigenvalue weighted by atomic mass is 16.2. The van der Waals surface area contributed by atoms with Gasteiger partial charge in [0.1, 0.15) is 6.04 Å². The largest absolute Gasteiger partial charge is 0.350 e. The van der Waals surface area contributed by atoms with E-state index >= 15 is 0 Å². The Bertz CT molecular complexity index is 645. The van der Waals surface area contributed by atoms with Crippen LogP contribution >= 0.6 is 0 Å². The van der Waals surface area contributed by atoms with E-state index in [0.717, 1.165) is 18.7 Å². The molecule has 1 saturated heterocycles. The van der Waals surface area contributed by atoms with Crippen LogP contribution in [-0.4, -0.2) is 23.6 Å². The van der Waals surface area contributed by atoms with E-state index in [0.29, 0.717) is 12.6 Å². The predicted octanol–water partition coefficient (Wildman–Crippen LogP) is 1.69. The quantitative estimate of drug-likeness (QED) is 0.886. The fourth-order valence-corrected chi connectivity index (χ4v) is 3.36. The van der Waals surface area contributed by atoms with Crippen LogP contribution < -0.4 is 10.2 Å². The molecule has 1 fully saturated rings. The summed E-state index contributed by atoms with van der Waals surface area (Å²) in [4.78, 5) is 13.7. The number of carbonyl (C=O) groups excluding carboxylic acids is 1. The van der Waals surface area contributed by atoms with Crippen molar-refractivity contribution in [2.45, 2.75) is 25.8 Å². The van der Waals surface area contributed by atoms with Crippen LogP contribution in [0.4, 0.5) is 5.69 Å². The molecule has 1 aliphatic rings. The Kier molecular flexibility index (Phi) is 4.29. The molecule has 2 N–H and O–H groups in total. The van der Waals surface area contributed by atoms with Gasteiger partial charge in [-0.15, -0.1) is 0 Å². The molecule has 0 saturated carbocycles. The molecule has 22 heavy (non-hydrogen) atoms. The van der Waals surface area contributed by atoms with E-state index in [4.69, 9.17) is 0 Å². The third kappa shape index (κ3) is 3.22. The van der Waals surface area contributed by atoms with Crippen molar-refractivity contribution >= 4 is 11.6 Å². The average Bonchev–Trinajstić information content (AvgIpc) is 3.10. The van der Waals surface area contributed by atoms with Gasteiger partial charge in [-0.25, -0.2) is 0 Å². The highest BCUT2D eigenvalue weighted by molar-refractivity contribution is 5.91. The van der Waals surface area contributed by atoms with Gasteiger partial charge < -0.3 is 14.8 Å². The zero-order valence-corrected chi connectivity index (χ0v) is 13.3. The van der Waals surface area contributed by atoms with Gasteiger partial charge in [0.05, 0.1) is 12.2 Å².